The summed E-state index contributed by atoms with van der Waals surface area (Å²) < 4.78 is 0. The minimum atomic E-state index is -0.322. The molecule has 1 aliphatic heterocycles. The molecule has 16 heavy (non-hydrogen) atoms. The van der Waals surface area contributed by atoms with Gasteiger partial charge >= 0.3 is 0 Å². The van der Waals surface area contributed by atoms with Crippen LogP contribution < -0.4 is 0 Å². The van der Waals surface area contributed by atoms with Gasteiger partial charge in [-0.1, -0.05) is 30.3 Å². The summed E-state index contributed by atoms with van der Waals surface area (Å²) in [4.78, 5) is 24.8. The van der Waals surface area contributed by atoms with E-state index in [9.17, 15) is 9.59 Å². The van der Waals surface area contributed by atoms with Crippen LogP contribution >= 0.6 is 11.6 Å². The topological polar surface area (TPSA) is 37.4 Å². The molecular formula is C12H12ClNO2. The third-order valence-corrected chi connectivity index (χ3v) is 2.92. The Morgan fingerprint density at radius 2 is 1.94 bits per heavy atom. The third kappa shape index (κ3) is 1.95. The smallest absolute Gasteiger partial charge is 0.237 e. The fourth-order valence-corrected chi connectivity index (χ4v) is 2.12. The maximum absolute atomic E-state index is 12.0. The van der Waals surface area contributed by atoms with Crippen LogP contribution in [0.2, 0.25) is 0 Å². The van der Waals surface area contributed by atoms with Crippen LogP contribution in [0, 0.1) is 0 Å². The van der Waals surface area contributed by atoms with E-state index in [1.807, 2.05) is 30.3 Å². The number of rotatable bonds is 3. The quantitative estimate of drug-likeness (QED) is 0.594. The molecule has 0 saturated carbocycles. The first-order valence-corrected chi connectivity index (χ1v) is 5.72. The van der Waals surface area contributed by atoms with Gasteiger partial charge in [0.1, 0.15) is 0 Å². The highest BCUT2D eigenvalue weighted by atomic mass is 35.5. The Hall–Kier alpha value is -1.35. The molecular weight excluding hydrogens is 226 g/mol. The molecule has 1 unspecified atom stereocenters. The maximum Gasteiger partial charge on any atom is 0.237 e. The summed E-state index contributed by atoms with van der Waals surface area (Å²) in [6, 6.07) is 9.38. The number of hydrogen-bond acceptors (Lipinski definition) is 2. The Morgan fingerprint density at radius 1 is 1.25 bits per heavy atom. The molecule has 3 nitrogen and oxygen atoms in total. The summed E-state index contributed by atoms with van der Waals surface area (Å²) in [5.41, 5.74) is 0.901. The molecule has 1 aliphatic rings. The van der Waals surface area contributed by atoms with E-state index in [0.29, 0.717) is 12.4 Å². The molecule has 0 aliphatic carbocycles. The molecule has 1 fully saturated rings. The zero-order chi connectivity index (χ0) is 11.5. The van der Waals surface area contributed by atoms with Gasteiger partial charge in [-0.3, -0.25) is 14.5 Å². The SMILES string of the molecule is O=C1CC(c2ccccc2)C(=O)N1CCCl. The van der Waals surface area contributed by atoms with Crippen molar-refractivity contribution in [2.24, 2.45) is 0 Å². The van der Waals surface area contributed by atoms with Crippen LogP contribution in [0.25, 0.3) is 0 Å². The lowest BCUT2D eigenvalue weighted by atomic mass is 9.98. The molecule has 1 aromatic carbocycles. The van der Waals surface area contributed by atoms with Crippen molar-refractivity contribution >= 4 is 23.4 Å². The normalized spacial score (nSPS) is 20.6. The van der Waals surface area contributed by atoms with Gasteiger partial charge in [0.2, 0.25) is 11.8 Å². The number of carbonyl (C=O) groups excluding carboxylic acids is 2. The van der Waals surface area contributed by atoms with E-state index < -0.39 is 0 Å². The van der Waals surface area contributed by atoms with E-state index >= 15 is 0 Å². The van der Waals surface area contributed by atoms with Crippen molar-refractivity contribution < 1.29 is 9.59 Å². The second-order valence-electron chi connectivity index (χ2n) is 3.74. The van der Waals surface area contributed by atoms with Crippen LogP contribution in [0.3, 0.4) is 0 Å². The monoisotopic (exact) mass is 237 g/mol. The third-order valence-electron chi connectivity index (χ3n) is 2.75. The fourth-order valence-electron chi connectivity index (χ4n) is 1.95. The first kappa shape index (κ1) is 11.1. The standard InChI is InChI=1S/C12H12ClNO2/c13-6-7-14-11(15)8-10(12(14)16)9-4-2-1-3-5-9/h1-5,10H,6-8H2. The highest BCUT2D eigenvalue weighted by molar-refractivity contribution is 6.18. The highest BCUT2D eigenvalue weighted by Crippen LogP contribution is 2.29. The Balaban J connectivity index is 2.21. The van der Waals surface area contributed by atoms with Crippen molar-refractivity contribution in [3.8, 4) is 0 Å². The van der Waals surface area contributed by atoms with Gasteiger partial charge in [0, 0.05) is 18.8 Å². The van der Waals surface area contributed by atoms with Gasteiger partial charge in [0.25, 0.3) is 0 Å². The van der Waals surface area contributed by atoms with Crippen LogP contribution in [-0.2, 0) is 9.59 Å². The van der Waals surface area contributed by atoms with Crippen LogP contribution in [0.5, 0.6) is 0 Å². The van der Waals surface area contributed by atoms with E-state index in [1.54, 1.807) is 0 Å². The number of nitrogens with zero attached hydrogens (tertiary/aromatic N) is 1. The molecule has 0 spiro atoms. The Morgan fingerprint density at radius 3 is 2.56 bits per heavy atom. The molecule has 1 aromatic rings. The summed E-state index contributed by atoms with van der Waals surface area (Å²) in [5, 5.41) is 0. The van der Waals surface area contributed by atoms with E-state index in [2.05, 4.69) is 0 Å². The average Bonchev–Trinajstić information content (AvgIpc) is 2.59. The second-order valence-corrected chi connectivity index (χ2v) is 4.12. The van der Waals surface area contributed by atoms with Crippen LogP contribution in [-0.4, -0.2) is 29.1 Å². The molecule has 1 saturated heterocycles. The van der Waals surface area contributed by atoms with Crippen molar-refractivity contribution in [2.75, 3.05) is 12.4 Å². The van der Waals surface area contributed by atoms with Gasteiger partial charge in [0.05, 0.1) is 5.92 Å². The van der Waals surface area contributed by atoms with Crippen LogP contribution in [0.15, 0.2) is 30.3 Å². The minimum Gasteiger partial charge on any atom is -0.281 e. The van der Waals surface area contributed by atoms with Gasteiger partial charge in [-0.2, -0.15) is 0 Å². The van der Waals surface area contributed by atoms with Crippen molar-refractivity contribution in [1.82, 2.24) is 4.90 Å². The average molecular weight is 238 g/mol. The summed E-state index contributed by atoms with van der Waals surface area (Å²) in [6.45, 7) is 0.308. The maximum atomic E-state index is 12.0. The first-order valence-electron chi connectivity index (χ1n) is 5.19. The zero-order valence-corrected chi connectivity index (χ0v) is 9.48. The molecule has 2 amide bonds. The minimum absolute atomic E-state index is 0.125. The molecule has 0 N–H and O–H groups in total. The lowest BCUT2D eigenvalue weighted by Crippen LogP contribution is -2.32. The van der Waals surface area contributed by atoms with Gasteiger partial charge < -0.3 is 0 Å². The number of hydrogen-bond donors (Lipinski definition) is 0. The summed E-state index contributed by atoms with van der Waals surface area (Å²) in [6.07, 6.45) is 0.264. The van der Waals surface area contributed by atoms with Crippen LogP contribution in [0.1, 0.15) is 17.9 Å². The van der Waals surface area contributed by atoms with Crippen molar-refractivity contribution in [3.63, 3.8) is 0 Å². The molecule has 0 aromatic heterocycles. The predicted octanol–water partition coefficient (Wildman–Crippen LogP) is 1.77. The number of amides is 2. The number of carbonyl (C=O) groups is 2. The van der Waals surface area contributed by atoms with Gasteiger partial charge in [0.15, 0.2) is 0 Å². The van der Waals surface area contributed by atoms with Crippen molar-refractivity contribution in [1.29, 1.82) is 0 Å². The van der Waals surface area contributed by atoms with Crippen molar-refractivity contribution in [3.05, 3.63) is 35.9 Å². The number of imide groups is 1. The Labute approximate surface area is 99.0 Å². The number of alkyl halides is 1. The first-order chi connectivity index (χ1) is 7.74. The summed E-state index contributed by atoms with van der Waals surface area (Å²) in [5.74, 6) is -0.285. The molecule has 2 rings (SSSR count). The van der Waals surface area contributed by atoms with Gasteiger partial charge in [-0.05, 0) is 5.56 Å². The molecule has 84 valence electrons. The molecule has 1 heterocycles. The Bertz CT molecular complexity index is 405. The zero-order valence-electron chi connectivity index (χ0n) is 8.73. The summed E-state index contributed by atoms with van der Waals surface area (Å²) in [7, 11) is 0. The van der Waals surface area contributed by atoms with E-state index in [0.717, 1.165) is 5.56 Å². The van der Waals surface area contributed by atoms with Crippen LogP contribution in [0.4, 0.5) is 0 Å². The lowest BCUT2D eigenvalue weighted by Gasteiger charge is -2.12. The van der Waals surface area contributed by atoms with E-state index in [4.69, 9.17) is 11.6 Å². The lowest BCUT2D eigenvalue weighted by molar-refractivity contribution is -0.138. The molecule has 0 radical (unpaired) electrons. The fraction of sp³-hybridized carbons (Fsp3) is 0.333. The molecule has 0 bridgehead atoms. The molecule has 4 heteroatoms. The number of halogens is 1. The Kier molecular flexibility index (Phi) is 3.25. The van der Waals surface area contributed by atoms with E-state index in [1.165, 1.54) is 4.90 Å². The summed E-state index contributed by atoms with van der Waals surface area (Å²) >= 11 is 5.56. The second kappa shape index (κ2) is 4.66. The number of likely N-dealkylation sites (tertiary alicyclic amines) is 1. The largest absolute Gasteiger partial charge is 0.281 e. The van der Waals surface area contributed by atoms with Gasteiger partial charge in [-0.25, -0.2) is 0 Å². The number of benzene rings is 1. The predicted molar refractivity (Wildman–Crippen MR) is 61.2 cm³/mol. The van der Waals surface area contributed by atoms with Gasteiger partial charge in [-0.15, -0.1) is 11.6 Å². The van der Waals surface area contributed by atoms with E-state index in [-0.39, 0.29) is 24.2 Å². The van der Waals surface area contributed by atoms with Crippen molar-refractivity contribution in [2.45, 2.75) is 12.3 Å². The highest BCUT2D eigenvalue weighted by Gasteiger charge is 2.38. The molecule has 1 atom stereocenters.